The zero-order chi connectivity index (χ0) is 10.4. The summed E-state index contributed by atoms with van der Waals surface area (Å²) in [6.45, 7) is 0. The van der Waals surface area contributed by atoms with Gasteiger partial charge < -0.3 is 5.11 Å². The predicted octanol–water partition coefficient (Wildman–Crippen LogP) is 2.23. The van der Waals surface area contributed by atoms with E-state index < -0.39 is 5.97 Å². The fraction of sp³-hybridized carbons (Fsp3) is 0.182. The van der Waals surface area contributed by atoms with E-state index in [-0.39, 0.29) is 6.42 Å². The zero-order valence-electron chi connectivity index (χ0n) is 7.78. The first-order chi connectivity index (χ1) is 6.72. The van der Waals surface area contributed by atoms with E-state index in [0.717, 1.165) is 5.56 Å². The lowest BCUT2D eigenvalue weighted by Crippen LogP contribution is -1.90. The summed E-state index contributed by atoms with van der Waals surface area (Å²) in [6.07, 6.45) is 1.90. The summed E-state index contributed by atoms with van der Waals surface area (Å²) in [5.74, 6) is 4.48. The third-order valence-corrected chi connectivity index (χ3v) is 2.31. The summed E-state index contributed by atoms with van der Waals surface area (Å²) >= 11 is 1.66. The van der Waals surface area contributed by atoms with Crippen LogP contribution in [0.25, 0.3) is 0 Å². The van der Waals surface area contributed by atoms with Crippen LogP contribution in [0.4, 0.5) is 0 Å². The van der Waals surface area contributed by atoms with Gasteiger partial charge in [0.15, 0.2) is 0 Å². The molecule has 0 unspecified atom stereocenters. The Morgan fingerprint density at radius 2 is 2.07 bits per heavy atom. The number of aliphatic carboxylic acids is 1. The van der Waals surface area contributed by atoms with Gasteiger partial charge in [-0.15, -0.1) is 11.8 Å². The molecule has 0 amide bonds. The molecule has 1 aromatic carbocycles. The van der Waals surface area contributed by atoms with Crippen LogP contribution in [-0.2, 0) is 4.79 Å². The van der Waals surface area contributed by atoms with E-state index in [2.05, 4.69) is 11.8 Å². The maximum atomic E-state index is 10.2. The second-order valence-corrected chi connectivity index (χ2v) is 3.48. The number of carbonyl (C=O) groups is 1. The second kappa shape index (κ2) is 5.36. The van der Waals surface area contributed by atoms with Crippen LogP contribution >= 0.6 is 11.8 Å². The molecule has 0 heterocycles. The quantitative estimate of drug-likeness (QED) is 0.595. The van der Waals surface area contributed by atoms with Gasteiger partial charge in [0.1, 0.15) is 6.42 Å². The Morgan fingerprint density at radius 1 is 1.43 bits per heavy atom. The largest absolute Gasteiger partial charge is 0.481 e. The molecule has 14 heavy (non-hydrogen) atoms. The van der Waals surface area contributed by atoms with Gasteiger partial charge in [-0.05, 0) is 30.5 Å². The van der Waals surface area contributed by atoms with Gasteiger partial charge in [-0.1, -0.05) is 11.8 Å². The standard InChI is InChI=1S/C11H10O2S/c1-14-10-7-5-9(6-8-10)3-2-4-11(12)13/h5-8H,4H2,1H3,(H,12,13). The number of hydrogen-bond donors (Lipinski definition) is 1. The molecule has 0 atom stereocenters. The summed E-state index contributed by atoms with van der Waals surface area (Å²) in [5, 5.41) is 8.37. The normalized spacial score (nSPS) is 8.93. The van der Waals surface area contributed by atoms with E-state index in [0.29, 0.717) is 0 Å². The number of hydrogen-bond acceptors (Lipinski definition) is 2. The molecule has 1 aromatic rings. The van der Waals surface area contributed by atoms with E-state index >= 15 is 0 Å². The van der Waals surface area contributed by atoms with Gasteiger partial charge in [0, 0.05) is 10.5 Å². The van der Waals surface area contributed by atoms with Gasteiger partial charge in [-0.3, -0.25) is 4.79 Å². The topological polar surface area (TPSA) is 37.3 Å². The Hall–Kier alpha value is -1.40. The molecule has 3 heteroatoms. The lowest BCUT2D eigenvalue weighted by molar-refractivity contribution is -0.135. The Bertz CT molecular complexity index is 371. The minimum absolute atomic E-state index is 0.107. The van der Waals surface area contributed by atoms with Crippen LogP contribution in [0.3, 0.4) is 0 Å². The second-order valence-electron chi connectivity index (χ2n) is 2.60. The summed E-state index contributed by atoms with van der Waals surface area (Å²) in [4.78, 5) is 11.4. The van der Waals surface area contributed by atoms with Crippen LogP contribution in [0.2, 0.25) is 0 Å². The van der Waals surface area contributed by atoms with Crippen molar-refractivity contribution in [1.82, 2.24) is 0 Å². The van der Waals surface area contributed by atoms with E-state index in [1.165, 1.54) is 4.90 Å². The molecule has 1 N–H and O–H groups in total. The van der Waals surface area contributed by atoms with Crippen molar-refractivity contribution in [3.05, 3.63) is 29.8 Å². The maximum absolute atomic E-state index is 10.2. The highest BCUT2D eigenvalue weighted by atomic mass is 32.2. The molecule has 0 aliphatic rings. The van der Waals surface area contributed by atoms with Crippen LogP contribution in [0.1, 0.15) is 12.0 Å². The fourth-order valence-electron chi connectivity index (χ4n) is 0.896. The molecule has 0 spiro atoms. The predicted molar refractivity (Wildman–Crippen MR) is 57.4 cm³/mol. The number of thioether (sulfide) groups is 1. The van der Waals surface area contributed by atoms with Crippen LogP contribution < -0.4 is 0 Å². The van der Waals surface area contributed by atoms with Crippen molar-refractivity contribution < 1.29 is 9.90 Å². The fourth-order valence-corrected chi connectivity index (χ4v) is 1.30. The molecule has 0 aromatic heterocycles. The Balaban J connectivity index is 2.66. The van der Waals surface area contributed by atoms with Gasteiger partial charge in [0.25, 0.3) is 0 Å². The van der Waals surface area contributed by atoms with Crippen LogP contribution in [-0.4, -0.2) is 17.3 Å². The van der Waals surface area contributed by atoms with E-state index in [1.807, 2.05) is 30.5 Å². The highest BCUT2D eigenvalue weighted by molar-refractivity contribution is 7.98. The van der Waals surface area contributed by atoms with Crippen molar-refractivity contribution in [2.24, 2.45) is 0 Å². The minimum atomic E-state index is -0.891. The molecule has 72 valence electrons. The zero-order valence-corrected chi connectivity index (χ0v) is 8.60. The van der Waals surface area contributed by atoms with Crippen molar-refractivity contribution >= 4 is 17.7 Å². The van der Waals surface area contributed by atoms with Gasteiger partial charge in [0.05, 0.1) is 0 Å². The molecule has 0 saturated heterocycles. The SMILES string of the molecule is CSc1ccc(C#CCC(=O)O)cc1. The molecule has 1 rings (SSSR count). The van der Waals surface area contributed by atoms with Crippen molar-refractivity contribution in [3.63, 3.8) is 0 Å². The first-order valence-electron chi connectivity index (χ1n) is 4.07. The lowest BCUT2D eigenvalue weighted by atomic mass is 10.2. The van der Waals surface area contributed by atoms with Crippen LogP contribution in [0.5, 0.6) is 0 Å². The van der Waals surface area contributed by atoms with Crippen molar-refractivity contribution in [3.8, 4) is 11.8 Å². The van der Waals surface area contributed by atoms with Crippen molar-refractivity contribution in [2.75, 3.05) is 6.26 Å². The van der Waals surface area contributed by atoms with Crippen molar-refractivity contribution in [2.45, 2.75) is 11.3 Å². The molecule has 0 aliphatic heterocycles. The smallest absolute Gasteiger partial charge is 0.315 e. The number of benzene rings is 1. The monoisotopic (exact) mass is 206 g/mol. The van der Waals surface area contributed by atoms with E-state index in [4.69, 9.17) is 5.11 Å². The average molecular weight is 206 g/mol. The number of rotatable bonds is 2. The third kappa shape index (κ3) is 3.55. The molecular weight excluding hydrogens is 196 g/mol. The average Bonchev–Trinajstić information content (AvgIpc) is 2.18. The highest BCUT2D eigenvalue weighted by Gasteiger charge is 1.91. The van der Waals surface area contributed by atoms with Gasteiger partial charge in [-0.2, -0.15) is 0 Å². The van der Waals surface area contributed by atoms with Gasteiger partial charge in [-0.25, -0.2) is 0 Å². The van der Waals surface area contributed by atoms with E-state index in [9.17, 15) is 4.79 Å². The van der Waals surface area contributed by atoms with E-state index in [1.54, 1.807) is 11.8 Å². The Morgan fingerprint density at radius 3 is 2.57 bits per heavy atom. The van der Waals surface area contributed by atoms with Crippen molar-refractivity contribution in [1.29, 1.82) is 0 Å². The molecular formula is C11H10O2S. The van der Waals surface area contributed by atoms with Crippen LogP contribution in [0, 0.1) is 11.8 Å². The Kier molecular flexibility index (Phi) is 4.09. The molecule has 0 bridgehead atoms. The van der Waals surface area contributed by atoms with Gasteiger partial charge in [0.2, 0.25) is 0 Å². The summed E-state index contributed by atoms with van der Waals surface area (Å²) in [5.41, 5.74) is 0.851. The molecule has 0 saturated carbocycles. The van der Waals surface area contributed by atoms with Crippen LogP contribution in [0.15, 0.2) is 29.2 Å². The maximum Gasteiger partial charge on any atom is 0.315 e. The molecule has 0 fully saturated rings. The molecule has 2 nitrogen and oxygen atoms in total. The first kappa shape index (κ1) is 10.7. The number of carboxylic acid groups (broad SMARTS) is 1. The Labute approximate surface area is 87.3 Å². The summed E-state index contributed by atoms with van der Waals surface area (Å²) in [7, 11) is 0. The summed E-state index contributed by atoms with van der Waals surface area (Å²) in [6, 6.07) is 7.71. The first-order valence-corrected chi connectivity index (χ1v) is 5.29. The van der Waals surface area contributed by atoms with Gasteiger partial charge >= 0.3 is 5.97 Å². The summed E-state index contributed by atoms with van der Waals surface area (Å²) < 4.78 is 0. The lowest BCUT2D eigenvalue weighted by Gasteiger charge is -1.94. The highest BCUT2D eigenvalue weighted by Crippen LogP contribution is 2.14. The number of carboxylic acids is 1. The molecule has 0 aliphatic carbocycles. The minimum Gasteiger partial charge on any atom is -0.481 e. The molecule has 0 radical (unpaired) electrons. The third-order valence-electron chi connectivity index (χ3n) is 1.56.